The largest absolute Gasteiger partial charge is 0.466 e. The molecule has 0 aliphatic rings. The summed E-state index contributed by atoms with van der Waals surface area (Å²) in [5, 5.41) is 9.72. The van der Waals surface area contributed by atoms with Gasteiger partial charge in [0.15, 0.2) is 5.82 Å². The van der Waals surface area contributed by atoms with Gasteiger partial charge < -0.3 is 10.1 Å². The van der Waals surface area contributed by atoms with Gasteiger partial charge in [0.05, 0.1) is 13.2 Å². The number of aromatic amines is 1. The van der Waals surface area contributed by atoms with Crippen LogP contribution in [0.3, 0.4) is 0 Å². The van der Waals surface area contributed by atoms with E-state index in [-0.39, 0.29) is 18.2 Å². The van der Waals surface area contributed by atoms with E-state index in [0.29, 0.717) is 24.8 Å². The molecule has 0 bridgehead atoms. The average Bonchev–Trinajstić information content (AvgIpc) is 2.86. The smallest absolute Gasteiger partial charge is 0.313 e. The van der Waals surface area contributed by atoms with Gasteiger partial charge >= 0.3 is 5.97 Å². The van der Waals surface area contributed by atoms with Crippen molar-refractivity contribution in [1.29, 1.82) is 0 Å². The van der Waals surface area contributed by atoms with Crippen LogP contribution >= 0.6 is 0 Å². The molecule has 0 saturated carbocycles. The predicted molar refractivity (Wildman–Crippen MR) is 70.4 cm³/mol. The maximum absolute atomic E-state index is 12.7. The summed E-state index contributed by atoms with van der Waals surface area (Å²) in [5.74, 6) is 0.337. The molecule has 1 aromatic heterocycles. The number of carbonyl (C=O) groups is 1. The number of H-pyrrole nitrogens is 1. The van der Waals surface area contributed by atoms with Crippen molar-refractivity contribution in [3.05, 3.63) is 41.7 Å². The van der Waals surface area contributed by atoms with E-state index < -0.39 is 0 Å². The topological polar surface area (TPSA) is 79.9 Å². The summed E-state index contributed by atoms with van der Waals surface area (Å²) >= 11 is 0. The second kappa shape index (κ2) is 6.65. The van der Waals surface area contributed by atoms with Crippen LogP contribution in [0.5, 0.6) is 0 Å². The number of ether oxygens (including phenoxy) is 1. The van der Waals surface area contributed by atoms with E-state index in [0.717, 1.165) is 5.69 Å². The van der Waals surface area contributed by atoms with Gasteiger partial charge in [0.1, 0.15) is 18.1 Å². The molecule has 0 aliphatic heterocycles. The Bertz CT molecular complexity index is 568. The molecule has 0 spiro atoms. The molecule has 0 amide bonds. The summed E-state index contributed by atoms with van der Waals surface area (Å²) in [6.07, 6.45) is 0.0425. The summed E-state index contributed by atoms with van der Waals surface area (Å²) in [6.45, 7) is 2.48. The van der Waals surface area contributed by atoms with Crippen LogP contribution in [0.25, 0.3) is 0 Å². The van der Waals surface area contributed by atoms with Crippen molar-refractivity contribution in [2.45, 2.75) is 19.9 Å². The number of esters is 1. The van der Waals surface area contributed by atoms with Crippen LogP contribution in [-0.2, 0) is 22.5 Å². The average molecular weight is 278 g/mol. The van der Waals surface area contributed by atoms with Crippen molar-refractivity contribution in [2.75, 3.05) is 11.9 Å². The normalized spacial score (nSPS) is 10.3. The Hall–Kier alpha value is -2.44. The van der Waals surface area contributed by atoms with E-state index in [2.05, 4.69) is 20.5 Å². The molecule has 0 radical (unpaired) electrons. The second-order valence-corrected chi connectivity index (χ2v) is 4.04. The first kappa shape index (κ1) is 14.0. The fraction of sp³-hybridized carbons (Fsp3) is 0.308. The number of anilines is 1. The van der Waals surface area contributed by atoms with Crippen LogP contribution in [0.15, 0.2) is 24.3 Å². The summed E-state index contributed by atoms with van der Waals surface area (Å²) in [6, 6.07) is 6.00. The zero-order chi connectivity index (χ0) is 14.4. The standard InChI is InChI=1S/C13H15FN4O2/c1-2-20-13(19)7-11-16-12(18-17-11)8-15-10-5-3-9(14)4-6-10/h3-6,15H,2,7-8H2,1H3,(H,16,17,18). The first-order chi connectivity index (χ1) is 9.67. The highest BCUT2D eigenvalue weighted by molar-refractivity contribution is 5.71. The summed E-state index contributed by atoms with van der Waals surface area (Å²) < 4.78 is 17.5. The van der Waals surface area contributed by atoms with E-state index in [4.69, 9.17) is 4.74 Å². The molecule has 20 heavy (non-hydrogen) atoms. The third kappa shape index (κ3) is 4.04. The third-order valence-corrected chi connectivity index (χ3v) is 2.49. The third-order valence-electron chi connectivity index (χ3n) is 2.49. The fourth-order valence-electron chi connectivity index (χ4n) is 1.59. The SMILES string of the molecule is CCOC(=O)Cc1n[nH]c(CNc2ccc(F)cc2)n1. The minimum Gasteiger partial charge on any atom is -0.466 e. The van der Waals surface area contributed by atoms with Crippen molar-refractivity contribution < 1.29 is 13.9 Å². The minimum absolute atomic E-state index is 0.0425. The van der Waals surface area contributed by atoms with Crippen molar-refractivity contribution >= 4 is 11.7 Å². The van der Waals surface area contributed by atoms with E-state index in [1.807, 2.05) is 0 Å². The summed E-state index contributed by atoms with van der Waals surface area (Å²) in [5.41, 5.74) is 0.773. The lowest BCUT2D eigenvalue weighted by molar-refractivity contribution is -0.142. The lowest BCUT2D eigenvalue weighted by Crippen LogP contribution is -2.08. The predicted octanol–water partition coefficient (Wildman–Crippen LogP) is 1.66. The molecule has 7 heteroatoms. The van der Waals surface area contributed by atoms with Crippen LogP contribution in [0.4, 0.5) is 10.1 Å². The van der Waals surface area contributed by atoms with Crippen LogP contribution < -0.4 is 5.32 Å². The maximum atomic E-state index is 12.7. The zero-order valence-electron chi connectivity index (χ0n) is 11.0. The number of halogens is 1. The molecule has 2 N–H and O–H groups in total. The van der Waals surface area contributed by atoms with Gasteiger partial charge in [0, 0.05) is 5.69 Å². The van der Waals surface area contributed by atoms with Gasteiger partial charge in [0.2, 0.25) is 0 Å². The van der Waals surface area contributed by atoms with Gasteiger partial charge in [-0.3, -0.25) is 9.89 Å². The van der Waals surface area contributed by atoms with Gasteiger partial charge in [-0.15, -0.1) is 0 Å². The number of benzene rings is 1. The Morgan fingerprint density at radius 1 is 1.40 bits per heavy atom. The molecular formula is C13H15FN4O2. The molecule has 1 heterocycles. The molecule has 2 aromatic rings. The molecular weight excluding hydrogens is 263 g/mol. The maximum Gasteiger partial charge on any atom is 0.313 e. The van der Waals surface area contributed by atoms with Crippen LogP contribution in [-0.4, -0.2) is 27.8 Å². The van der Waals surface area contributed by atoms with Crippen molar-refractivity contribution in [3.8, 4) is 0 Å². The van der Waals surface area contributed by atoms with Gasteiger partial charge in [-0.05, 0) is 31.2 Å². The Balaban J connectivity index is 1.86. The number of rotatable bonds is 6. The number of hydrogen-bond donors (Lipinski definition) is 2. The zero-order valence-corrected chi connectivity index (χ0v) is 11.0. The van der Waals surface area contributed by atoms with Crippen LogP contribution in [0.2, 0.25) is 0 Å². The van der Waals surface area contributed by atoms with Crippen molar-refractivity contribution in [3.63, 3.8) is 0 Å². The lowest BCUT2D eigenvalue weighted by Gasteiger charge is -2.03. The van der Waals surface area contributed by atoms with Crippen molar-refractivity contribution in [1.82, 2.24) is 15.2 Å². The highest BCUT2D eigenvalue weighted by Crippen LogP contribution is 2.09. The number of nitrogens with one attached hydrogen (secondary N) is 2. The van der Waals surface area contributed by atoms with Crippen molar-refractivity contribution in [2.24, 2.45) is 0 Å². The van der Waals surface area contributed by atoms with E-state index >= 15 is 0 Å². The monoisotopic (exact) mass is 278 g/mol. The van der Waals surface area contributed by atoms with Crippen LogP contribution in [0, 0.1) is 5.82 Å². The summed E-state index contributed by atoms with van der Waals surface area (Å²) in [4.78, 5) is 15.4. The Kier molecular flexibility index (Phi) is 4.65. The Morgan fingerprint density at radius 2 is 2.15 bits per heavy atom. The fourth-order valence-corrected chi connectivity index (χ4v) is 1.59. The highest BCUT2D eigenvalue weighted by atomic mass is 19.1. The molecule has 0 unspecified atom stereocenters. The Labute approximate surface area is 115 Å². The summed E-state index contributed by atoms with van der Waals surface area (Å²) in [7, 11) is 0. The minimum atomic E-state index is -0.357. The highest BCUT2D eigenvalue weighted by Gasteiger charge is 2.09. The van der Waals surface area contributed by atoms with Gasteiger partial charge in [-0.1, -0.05) is 0 Å². The molecule has 0 aliphatic carbocycles. The van der Waals surface area contributed by atoms with E-state index in [1.165, 1.54) is 12.1 Å². The van der Waals surface area contributed by atoms with Gasteiger partial charge in [0.25, 0.3) is 0 Å². The number of nitrogens with zero attached hydrogens (tertiary/aromatic N) is 2. The van der Waals surface area contributed by atoms with Crippen LogP contribution in [0.1, 0.15) is 18.6 Å². The van der Waals surface area contributed by atoms with E-state index in [1.54, 1.807) is 19.1 Å². The number of aromatic nitrogens is 3. The molecule has 2 rings (SSSR count). The van der Waals surface area contributed by atoms with E-state index in [9.17, 15) is 9.18 Å². The molecule has 0 fully saturated rings. The van der Waals surface area contributed by atoms with Gasteiger partial charge in [-0.2, -0.15) is 5.10 Å². The number of carbonyl (C=O) groups excluding carboxylic acids is 1. The first-order valence-electron chi connectivity index (χ1n) is 6.22. The van der Waals surface area contributed by atoms with Gasteiger partial charge in [-0.25, -0.2) is 9.37 Å². The quantitative estimate of drug-likeness (QED) is 0.786. The second-order valence-electron chi connectivity index (χ2n) is 4.04. The Morgan fingerprint density at radius 3 is 2.85 bits per heavy atom. The molecule has 0 atom stereocenters. The molecule has 1 aromatic carbocycles. The molecule has 106 valence electrons. The molecule has 6 nitrogen and oxygen atoms in total. The lowest BCUT2D eigenvalue weighted by atomic mass is 10.3. The molecule has 0 saturated heterocycles. The number of hydrogen-bond acceptors (Lipinski definition) is 5. The first-order valence-corrected chi connectivity index (χ1v) is 6.22.